The monoisotopic (exact) mass is 286 g/mol. The summed E-state index contributed by atoms with van der Waals surface area (Å²) in [7, 11) is 0. The Morgan fingerprint density at radius 2 is 1.76 bits per heavy atom. The van der Waals surface area contributed by atoms with Crippen LogP contribution in [-0.2, 0) is 13.0 Å². The maximum absolute atomic E-state index is 10.4. The molecule has 1 heterocycles. The van der Waals surface area contributed by atoms with E-state index in [0.717, 1.165) is 17.8 Å². The summed E-state index contributed by atoms with van der Waals surface area (Å²) in [5.74, 6) is 2.03. The second-order valence-electron chi connectivity index (χ2n) is 6.45. The summed E-state index contributed by atoms with van der Waals surface area (Å²) in [6.45, 7) is 9.22. The molecule has 3 heteroatoms. The van der Waals surface area contributed by atoms with Crippen molar-refractivity contribution in [2.45, 2.75) is 52.7 Å². The van der Waals surface area contributed by atoms with E-state index in [-0.39, 0.29) is 0 Å². The molecule has 21 heavy (non-hydrogen) atoms. The number of hydrogen-bond donors (Lipinski definition) is 1. The van der Waals surface area contributed by atoms with Crippen molar-refractivity contribution < 1.29 is 5.11 Å². The summed E-state index contributed by atoms with van der Waals surface area (Å²) in [6.07, 6.45) is 4.32. The number of hydrogen-bond acceptors (Lipinski definition) is 2. The van der Waals surface area contributed by atoms with Crippen LogP contribution in [0.2, 0.25) is 0 Å². The number of aliphatic hydroxyl groups excluding tert-OH is 1. The standard InChI is InChI=1S/C18H26N2O/c1-13(2)11-15-5-7-16(8-6-15)17(21)12-20-10-9-19-18(20)14(3)4/h5-10,13-14,17,21H,11-12H2,1-4H3. The molecule has 0 spiro atoms. The van der Waals surface area contributed by atoms with Crippen LogP contribution in [0.5, 0.6) is 0 Å². The van der Waals surface area contributed by atoms with Crippen molar-refractivity contribution in [1.29, 1.82) is 0 Å². The van der Waals surface area contributed by atoms with Gasteiger partial charge in [-0.25, -0.2) is 4.98 Å². The molecule has 0 fully saturated rings. The van der Waals surface area contributed by atoms with Crippen molar-refractivity contribution in [2.75, 3.05) is 0 Å². The quantitative estimate of drug-likeness (QED) is 0.873. The van der Waals surface area contributed by atoms with Crippen LogP contribution in [0.15, 0.2) is 36.7 Å². The Morgan fingerprint density at radius 3 is 2.33 bits per heavy atom. The van der Waals surface area contributed by atoms with E-state index in [4.69, 9.17) is 0 Å². The summed E-state index contributed by atoms with van der Waals surface area (Å²) >= 11 is 0. The lowest BCUT2D eigenvalue weighted by atomic mass is 10.00. The van der Waals surface area contributed by atoms with E-state index in [1.54, 1.807) is 6.20 Å². The van der Waals surface area contributed by atoms with E-state index in [0.29, 0.717) is 18.4 Å². The largest absolute Gasteiger partial charge is 0.387 e. The minimum atomic E-state index is -0.496. The van der Waals surface area contributed by atoms with Gasteiger partial charge in [0.2, 0.25) is 0 Å². The molecule has 0 radical (unpaired) electrons. The summed E-state index contributed by atoms with van der Waals surface area (Å²) < 4.78 is 2.04. The van der Waals surface area contributed by atoms with Crippen molar-refractivity contribution in [3.63, 3.8) is 0 Å². The van der Waals surface area contributed by atoms with Crippen LogP contribution in [-0.4, -0.2) is 14.7 Å². The summed E-state index contributed by atoms with van der Waals surface area (Å²) in [5, 5.41) is 10.4. The zero-order valence-electron chi connectivity index (χ0n) is 13.5. The van der Waals surface area contributed by atoms with E-state index < -0.39 is 6.10 Å². The van der Waals surface area contributed by atoms with Crippen LogP contribution >= 0.6 is 0 Å². The zero-order chi connectivity index (χ0) is 15.4. The highest BCUT2D eigenvalue weighted by atomic mass is 16.3. The van der Waals surface area contributed by atoms with Crippen LogP contribution in [0.4, 0.5) is 0 Å². The van der Waals surface area contributed by atoms with E-state index in [9.17, 15) is 5.11 Å². The maximum Gasteiger partial charge on any atom is 0.111 e. The van der Waals surface area contributed by atoms with Crippen molar-refractivity contribution in [1.82, 2.24) is 9.55 Å². The second kappa shape index (κ2) is 6.90. The molecule has 0 aliphatic rings. The first-order valence-corrected chi connectivity index (χ1v) is 7.75. The van der Waals surface area contributed by atoms with Gasteiger partial charge in [0.1, 0.15) is 5.82 Å². The van der Waals surface area contributed by atoms with Crippen LogP contribution < -0.4 is 0 Å². The molecule has 1 atom stereocenters. The molecule has 0 bridgehead atoms. The lowest BCUT2D eigenvalue weighted by Crippen LogP contribution is -2.12. The van der Waals surface area contributed by atoms with Crippen LogP contribution in [0, 0.1) is 5.92 Å². The lowest BCUT2D eigenvalue weighted by molar-refractivity contribution is 0.155. The summed E-state index contributed by atoms with van der Waals surface area (Å²) in [5.41, 5.74) is 2.29. The minimum absolute atomic E-state index is 0.362. The van der Waals surface area contributed by atoms with Gasteiger partial charge in [0.15, 0.2) is 0 Å². The van der Waals surface area contributed by atoms with Gasteiger partial charge in [0.25, 0.3) is 0 Å². The fourth-order valence-electron chi connectivity index (χ4n) is 2.61. The molecule has 114 valence electrons. The highest BCUT2D eigenvalue weighted by molar-refractivity contribution is 5.24. The molecule has 1 aromatic carbocycles. The highest BCUT2D eigenvalue weighted by Crippen LogP contribution is 2.20. The molecule has 0 saturated heterocycles. The molecular formula is C18H26N2O. The molecule has 2 rings (SSSR count). The Bertz CT molecular complexity index is 555. The summed E-state index contributed by atoms with van der Waals surface area (Å²) in [4.78, 5) is 4.36. The van der Waals surface area contributed by atoms with Gasteiger partial charge >= 0.3 is 0 Å². The van der Waals surface area contributed by atoms with E-state index >= 15 is 0 Å². The Morgan fingerprint density at radius 1 is 1.10 bits per heavy atom. The van der Waals surface area contributed by atoms with Crippen LogP contribution in [0.3, 0.4) is 0 Å². The number of rotatable bonds is 6. The van der Waals surface area contributed by atoms with E-state index in [1.807, 2.05) is 22.9 Å². The Labute approximate surface area is 127 Å². The SMILES string of the molecule is CC(C)Cc1ccc(C(O)Cn2ccnc2C(C)C)cc1. The molecule has 3 nitrogen and oxygen atoms in total. The smallest absolute Gasteiger partial charge is 0.111 e. The van der Waals surface area contributed by atoms with Crippen LogP contribution in [0.25, 0.3) is 0 Å². The minimum Gasteiger partial charge on any atom is -0.387 e. The third-order valence-corrected chi connectivity index (χ3v) is 3.64. The maximum atomic E-state index is 10.4. The molecule has 0 aliphatic carbocycles. The molecule has 0 aliphatic heterocycles. The normalized spacial score (nSPS) is 13.1. The van der Waals surface area contributed by atoms with Gasteiger partial charge < -0.3 is 9.67 Å². The molecule has 1 N–H and O–H groups in total. The first-order chi connectivity index (χ1) is 9.97. The van der Waals surface area contributed by atoms with Crippen molar-refractivity contribution in [3.8, 4) is 0 Å². The van der Waals surface area contributed by atoms with Crippen molar-refractivity contribution in [3.05, 3.63) is 53.6 Å². The topological polar surface area (TPSA) is 38.0 Å². The third kappa shape index (κ3) is 4.18. The van der Waals surface area contributed by atoms with Gasteiger partial charge in [0, 0.05) is 18.3 Å². The van der Waals surface area contributed by atoms with E-state index in [2.05, 4.69) is 44.8 Å². The average molecular weight is 286 g/mol. The second-order valence-corrected chi connectivity index (χ2v) is 6.45. The molecule has 0 saturated carbocycles. The van der Waals surface area contributed by atoms with Gasteiger partial charge in [0.05, 0.1) is 12.6 Å². The molecular weight excluding hydrogens is 260 g/mol. The van der Waals surface area contributed by atoms with Crippen LogP contribution in [0.1, 0.15) is 56.7 Å². The molecule has 1 aromatic heterocycles. The van der Waals surface area contributed by atoms with Gasteiger partial charge in [-0.2, -0.15) is 0 Å². The van der Waals surface area contributed by atoms with E-state index in [1.165, 1.54) is 5.56 Å². The molecule has 0 amide bonds. The fraction of sp³-hybridized carbons (Fsp3) is 0.500. The molecule has 2 aromatic rings. The van der Waals surface area contributed by atoms with Gasteiger partial charge in [-0.3, -0.25) is 0 Å². The predicted molar refractivity (Wildman–Crippen MR) is 86.3 cm³/mol. The van der Waals surface area contributed by atoms with Crippen molar-refractivity contribution >= 4 is 0 Å². The summed E-state index contributed by atoms with van der Waals surface area (Å²) in [6, 6.07) is 8.31. The number of aliphatic hydroxyl groups is 1. The first kappa shape index (κ1) is 15.8. The van der Waals surface area contributed by atoms with Gasteiger partial charge in [-0.05, 0) is 23.5 Å². The van der Waals surface area contributed by atoms with Gasteiger partial charge in [-0.1, -0.05) is 52.0 Å². The lowest BCUT2D eigenvalue weighted by Gasteiger charge is -2.16. The average Bonchev–Trinajstić information content (AvgIpc) is 2.87. The van der Waals surface area contributed by atoms with Crippen molar-refractivity contribution in [2.24, 2.45) is 5.92 Å². The molecule has 1 unspecified atom stereocenters. The first-order valence-electron chi connectivity index (χ1n) is 7.75. The number of aromatic nitrogens is 2. The predicted octanol–water partition coefficient (Wildman–Crippen LogP) is 3.94. The number of benzene rings is 1. The Hall–Kier alpha value is -1.61. The highest BCUT2D eigenvalue weighted by Gasteiger charge is 2.13. The zero-order valence-corrected chi connectivity index (χ0v) is 13.5. The number of nitrogens with zero attached hydrogens (tertiary/aromatic N) is 2. The Kier molecular flexibility index (Phi) is 5.18. The Balaban J connectivity index is 2.06. The fourth-order valence-corrected chi connectivity index (χ4v) is 2.61. The third-order valence-electron chi connectivity index (χ3n) is 3.64. The van der Waals surface area contributed by atoms with Gasteiger partial charge in [-0.15, -0.1) is 0 Å². The number of imidazole rings is 1.